The summed E-state index contributed by atoms with van der Waals surface area (Å²) in [4.78, 5) is 4.78. The molecule has 10 aromatic rings. The van der Waals surface area contributed by atoms with E-state index in [4.69, 9.17) is 0 Å². The predicted molar refractivity (Wildman–Crippen MR) is 275 cm³/mol. The molecule has 2 heteroatoms. The van der Waals surface area contributed by atoms with Gasteiger partial charge in [-0.05, 0) is 174 Å². The Morgan fingerprint density at radius 1 is 0.308 bits per heavy atom. The van der Waals surface area contributed by atoms with E-state index in [-0.39, 0.29) is 0 Å². The second-order valence-corrected chi connectivity index (χ2v) is 18.5. The van der Waals surface area contributed by atoms with Crippen LogP contribution in [0.25, 0.3) is 43.8 Å². The third kappa shape index (κ3) is 6.08. The molecule has 1 spiro atoms. The van der Waals surface area contributed by atoms with Crippen molar-refractivity contribution in [3.8, 4) is 22.3 Å². The average Bonchev–Trinajstić information content (AvgIpc) is 3.81. The van der Waals surface area contributed by atoms with Gasteiger partial charge in [-0.3, -0.25) is 0 Å². The minimum absolute atomic E-state index is 0.468. The van der Waals surface area contributed by atoms with Crippen LogP contribution in [0, 0.1) is 0 Å². The average molecular weight is 835 g/mol. The van der Waals surface area contributed by atoms with Crippen LogP contribution in [0.3, 0.4) is 0 Å². The summed E-state index contributed by atoms with van der Waals surface area (Å²) in [7, 11) is 0. The number of fused-ring (bicyclic) bond motifs is 13. The van der Waals surface area contributed by atoms with Gasteiger partial charge in [0.2, 0.25) is 0 Å². The summed E-state index contributed by atoms with van der Waals surface area (Å²) in [6.45, 7) is 9.02. The number of hydrogen-bond donors (Lipinski definition) is 0. The summed E-state index contributed by atoms with van der Waals surface area (Å²) in [5.74, 6) is 0.936. The summed E-state index contributed by atoms with van der Waals surface area (Å²) in [5, 5.41) is 4.96. The fourth-order valence-corrected chi connectivity index (χ4v) is 11.0. The number of benzene rings is 10. The fourth-order valence-electron chi connectivity index (χ4n) is 11.0. The number of rotatable bonds is 8. The molecule has 2 aliphatic carbocycles. The van der Waals surface area contributed by atoms with E-state index in [9.17, 15) is 0 Å². The third-order valence-electron chi connectivity index (χ3n) is 14.2. The highest BCUT2D eigenvalue weighted by molar-refractivity contribution is 6.07. The minimum atomic E-state index is -0.513. The monoisotopic (exact) mass is 834 g/mol. The molecule has 12 rings (SSSR count). The summed E-state index contributed by atoms with van der Waals surface area (Å²) < 4.78 is 0. The maximum Gasteiger partial charge on any atom is 0.0731 e. The van der Waals surface area contributed by atoms with Crippen molar-refractivity contribution >= 4 is 55.7 Å². The topological polar surface area (TPSA) is 6.48 Å². The maximum absolute atomic E-state index is 2.52. The van der Waals surface area contributed by atoms with Gasteiger partial charge in [0.05, 0.1) is 5.41 Å². The van der Waals surface area contributed by atoms with Gasteiger partial charge in [0, 0.05) is 34.1 Å². The number of hydrogen-bond acceptors (Lipinski definition) is 2. The maximum atomic E-state index is 2.52. The zero-order chi connectivity index (χ0) is 43.8. The Hall–Kier alpha value is -7.68. The standard InChI is InChI=1S/C63H50N2/c1-41(2)43-23-29-50(30-24-43)64(48-15-7-5-8-16-48)52-33-27-45-39-58-57-35-28-46-37-53(65(49-17-9-6-10-18-49)51-31-25-44(26-32-51)42(3)4)34-36-54(46)62(57)63(61(58)40-47(45)38-52)59-21-13-11-19-55(59)56-20-12-14-22-60(56)63/h5-42H,1-4H3. The smallest absolute Gasteiger partial charge is 0.0731 e. The second kappa shape index (κ2) is 15.2. The Labute approximate surface area is 382 Å². The molecule has 0 atom stereocenters. The van der Waals surface area contributed by atoms with Gasteiger partial charge in [0.1, 0.15) is 0 Å². The Morgan fingerprint density at radius 3 is 1.29 bits per heavy atom. The summed E-state index contributed by atoms with van der Waals surface area (Å²) in [6, 6.07) is 81.9. The van der Waals surface area contributed by atoms with Crippen molar-refractivity contribution in [3.05, 3.63) is 252 Å². The lowest BCUT2D eigenvalue weighted by Gasteiger charge is -2.32. The molecular formula is C63H50N2. The number of nitrogens with zero attached hydrogens (tertiary/aromatic N) is 2. The van der Waals surface area contributed by atoms with Crippen molar-refractivity contribution in [1.29, 1.82) is 0 Å². The highest BCUT2D eigenvalue weighted by atomic mass is 15.1. The van der Waals surface area contributed by atoms with Crippen LogP contribution in [0.1, 0.15) is 72.9 Å². The second-order valence-electron chi connectivity index (χ2n) is 18.5. The molecule has 0 heterocycles. The van der Waals surface area contributed by atoms with Gasteiger partial charge in [0.15, 0.2) is 0 Å². The molecule has 0 saturated heterocycles. The van der Waals surface area contributed by atoms with Gasteiger partial charge in [-0.15, -0.1) is 0 Å². The first kappa shape index (κ1) is 39.0. The third-order valence-corrected chi connectivity index (χ3v) is 14.2. The van der Waals surface area contributed by atoms with Crippen molar-refractivity contribution in [2.45, 2.75) is 44.9 Å². The van der Waals surface area contributed by atoms with Crippen LogP contribution in [-0.4, -0.2) is 0 Å². The van der Waals surface area contributed by atoms with Crippen molar-refractivity contribution < 1.29 is 0 Å². The van der Waals surface area contributed by atoms with E-state index in [2.05, 4.69) is 256 Å². The lowest BCUT2D eigenvalue weighted by Crippen LogP contribution is -2.26. The Morgan fingerprint density at radius 2 is 0.754 bits per heavy atom. The molecule has 312 valence electrons. The normalized spacial score (nSPS) is 13.0. The van der Waals surface area contributed by atoms with Gasteiger partial charge in [-0.2, -0.15) is 0 Å². The molecule has 65 heavy (non-hydrogen) atoms. The highest BCUT2D eigenvalue weighted by Gasteiger charge is 2.52. The summed E-state index contributed by atoms with van der Waals surface area (Å²) in [6.07, 6.45) is 0. The van der Waals surface area contributed by atoms with E-state index in [0.717, 1.165) is 34.1 Å². The molecule has 10 aromatic carbocycles. The molecule has 0 fully saturated rings. The van der Waals surface area contributed by atoms with Crippen LogP contribution in [-0.2, 0) is 5.41 Å². The van der Waals surface area contributed by atoms with E-state index in [0.29, 0.717) is 11.8 Å². The summed E-state index contributed by atoms with van der Waals surface area (Å²) >= 11 is 0. The van der Waals surface area contributed by atoms with E-state index in [1.165, 1.54) is 77.2 Å². The predicted octanol–water partition coefficient (Wildman–Crippen LogP) is 17.5. The van der Waals surface area contributed by atoms with Crippen molar-refractivity contribution in [2.24, 2.45) is 0 Å². The van der Waals surface area contributed by atoms with Crippen molar-refractivity contribution in [1.82, 2.24) is 0 Å². The van der Waals surface area contributed by atoms with Gasteiger partial charge in [-0.1, -0.05) is 161 Å². The van der Waals surface area contributed by atoms with Crippen molar-refractivity contribution in [2.75, 3.05) is 9.80 Å². The molecule has 0 amide bonds. The molecular weight excluding hydrogens is 785 g/mol. The largest absolute Gasteiger partial charge is 0.310 e. The number of para-hydroxylation sites is 2. The van der Waals surface area contributed by atoms with E-state index < -0.39 is 5.41 Å². The Kier molecular flexibility index (Phi) is 9.14. The van der Waals surface area contributed by atoms with Crippen LogP contribution in [0.2, 0.25) is 0 Å². The fraction of sp³-hybridized carbons (Fsp3) is 0.111. The first-order valence-corrected chi connectivity index (χ1v) is 23.1. The molecule has 2 nitrogen and oxygen atoms in total. The minimum Gasteiger partial charge on any atom is -0.310 e. The van der Waals surface area contributed by atoms with Crippen LogP contribution in [0.5, 0.6) is 0 Å². The zero-order valence-corrected chi connectivity index (χ0v) is 37.3. The Bertz CT molecular complexity index is 3370. The highest BCUT2D eigenvalue weighted by Crippen LogP contribution is 2.64. The SMILES string of the molecule is CC(C)c1ccc(N(c2ccccc2)c2ccc3cc4c(cc3c2)C2(c3ccccc3-c3ccccc32)c2c-4ccc3cc(N(c4ccccc4)c4ccc(C(C)C)cc4)ccc23)cc1. The van der Waals surface area contributed by atoms with Gasteiger partial charge in [-0.25, -0.2) is 0 Å². The lowest BCUT2D eigenvalue weighted by molar-refractivity contribution is 0.802. The first-order chi connectivity index (χ1) is 31.9. The van der Waals surface area contributed by atoms with E-state index in [1.54, 1.807) is 0 Å². The number of anilines is 6. The van der Waals surface area contributed by atoms with Crippen LogP contribution in [0.4, 0.5) is 34.1 Å². The zero-order valence-electron chi connectivity index (χ0n) is 37.3. The molecule has 0 bridgehead atoms. The first-order valence-electron chi connectivity index (χ1n) is 23.1. The molecule has 0 radical (unpaired) electrons. The molecule has 0 aliphatic heterocycles. The van der Waals surface area contributed by atoms with Crippen LogP contribution < -0.4 is 9.80 Å². The molecule has 2 aliphatic rings. The van der Waals surface area contributed by atoms with Gasteiger partial charge < -0.3 is 9.80 Å². The summed E-state index contributed by atoms with van der Waals surface area (Å²) in [5.41, 5.74) is 19.6. The lowest BCUT2D eigenvalue weighted by atomic mass is 9.69. The van der Waals surface area contributed by atoms with E-state index >= 15 is 0 Å². The Balaban J connectivity index is 1.08. The van der Waals surface area contributed by atoms with Gasteiger partial charge in [0.25, 0.3) is 0 Å². The van der Waals surface area contributed by atoms with Gasteiger partial charge >= 0.3 is 0 Å². The molecule has 0 unspecified atom stereocenters. The molecule has 0 aromatic heterocycles. The molecule has 0 N–H and O–H groups in total. The molecule has 0 saturated carbocycles. The van der Waals surface area contributed by atoms with Crippen molar-refractivity contribution in [3.63, 3.8) is 0 Å². The van der Waals surface area contributed by atoms with Crippen LogP contribution >= 0.6 is 0 Å². The van der Waals surface area contributed by atoms with Crippen LogP contribution in [0.15, 0.2) is 218 Å². The quantitative estimate of drug-likeness (QED) is 0.150. The van der Waals surface area contributed by atoms with E-state index in [1.807, 2.05) is 0 Å².